The van der Waals surface area contributed by atoms with Crippen LogP contribution in [0.1, 0.15) is 39.0 Å². The molecule has 0 aliphatic carbocycles. The maximum atomic E-state index is 6.57. The van der Waals surface area contributed by atoms with Crippen molar-refractivity contribution < 1.29 is 67.9 Å². The van der Waals surface area contributed by atoms with Crippen LogP contribution in [0, 0.1) is 36.4 Å². The van der Waals surface area contributed by atoms with E-state index in [1.165, 1.54) is 66.7 Å². The molecule has 8 aromatic heterocycles. The summed E-state index contributed by atoms with van der Waals surface area (Å²) in [6, 6.07) is 167. The average Bonchev–Trinajstić information content (AvgIpc) is 1.45. The van der Waals surface area contributed by atoms with Crippen LogP contribution in [-0.4, -0.2) is 62.9 Å². The van der Waals surface area contributed by atoms with Crippen LogP contribution in [0.2, 0.25) is 0 Å². The van der Waals surface area contributed by atoms with Crippen LogP contribution in [0.15, 0.2) is 487 Å². The Balaban J connectivity index is 0.000000126. The van der Waals surface area contributed by atoms with Gasteiger partial charge in [0.1, 0.15) is 0 Å². The third-order valence-corrected chi connectivity index (χ3v) is 28.5. The molecule has 1 aliphatic heterocycles. The van der Waals surface area contributed by atoms with Crippen LogP contribution >= 0.6 is 0 Å². The van der Waals surface area contributed by atoms with E-state index in [0.29, 0.717) is 11.5 Å². The second-order valence-electron chi connectivity index (χ2n) is 37.8. The summed E-state index contributed by atoms with van der Waals surface area (Å²) < 4.78 is 20.4. The van der Waals surface area contributed by atoms with Gasteiger partial charge in [-0.25, -0.2) is 0 Å². The number of hydrogen-bond acceptors (Lipinski definition) is 8. The van der Waals surface area contributed by atoms with E-state index in [9.17, 15) is 0 Å². The van der Waals surface area contributed by atoms with Gasteiger partial charge in [-0.1, -0.05) is 364 Å². The molecule has 0 saturated heterocycles. The smallest absolute Gasteiger partial charge is 0.503 e. The van der Waals surface area contributed by atoms with Crippen molar-refractivity contribution in [2.75, 3.05) is 4.90 Å². The number of rotatable bonds is 20. The van der Waals surface area contributed by atoms with Crippen molar-refractivity contribution in [1.29, 1.82) is 0 Å². The molecule has 150 heavy (non-hydrogen) atoms. The Morgan fingerprint density at radius 3 is 1.20 bits per heavy atom. The fourth-order valence-corrected chi connectivity index (χ4v) is 20.1. The molecular weight excluding hydrogens is 2380 g/mol. The predicted molar refractivity (Wildman–Crippen MR) is 592 cm³/mol. The maximum Gasteiger partial charge on any atom is 2.00 e. The van der Waals surface area contributed by atoms with Gasteiger partial charge in [0.05, 0.1) is 18.0 Å². The molecule has 0 saturated carbocycles. The largest absolute Gasteiger partial charge is 2.00 e. The van der Waals surface area contributed by atoms with Gasteiger partial charge in [0.15, 0.2) is 0 Å². The molecule has 1 aliphatic rings. The second-order valence-corrected chi connectivity index (χ2v) is 37.8. The van der Waals surface area contributed by atoms with Crippen LogP contribution in [0.3, 0.4) is 0 Å². The monoisotopic (exact) mass is 2470 g/mol. The number of ether oxygens (including phenoxy) is 1. The Morgan fingerprint density at radius 1 is 0.267 bits per heavy atom. The maximum absolute atomic E-state index is 6.57. The first-order chi connectivity index (χ1) is 72.3. The van der Waals surface area contributed by atoms with Crippen LogP contribution in [0.4, 0.5) is 17.1 Å². The quantitative estimate of drug-likeness (QED) is 0.0546. The van der Waals surface area contributed by atoms with Crippen LogP contribution in [0.25, 0.3) is 183 Å². The Bertz CT molecular complexity index is 9260. The molecule has 9 heterocycles. The average molecular weight is 2480 g/mol. The van der Waals surface area contributed by atoms with Gasteiger partial charge in [0.2, 0.25) is 0 Å². The zero-order valence-corrected chi connectivity index (χ0v) is 88.6. The molecule has 0 atom stereocenters. The van der Waals surface area contributed by atoms with Gasteiger partial charge in [-0.15, -0.1) is 114 Å². The third kappa shape index (κ3) is 18.9. The molecule has 26 aromatic rings. The van der Waals surface area contributed by atoms with Crippen LogP contribution < -0.4 is 9.64 Å². The van der Waals surface area contributed by atoms with Gasteiger partial charge in [-0.05, 0) is 159 Å². The number of benzene rings is 18. The van der Waals surface area contributed by atoms with Gasteiger partial charge in [0, 0.05) is 112 Å². The Labute approximate surface area is 912 Å². The number of pyridine rings is 1. The molecule has 15 nitrogen and oxygen atoms in total. The summed E-state index contributed by atoms with van der Waals surface area (Å²) in [5, 5.41) is 28.5. The summed E-state index contributed by atoms with van der Waals surface area (Å²) in [4.78, 5) is 7.18. The van der Waals surface area contributed by atoms with Crippen molar-refractivity contribution in [3.63, 3.8) is 0 Å². The van der Waals surface area contributed by atoms with Crippen molar-refractivity contribution in [1.82, 2.24) is 62.9 Å². The summed E-state index contributed by atoms with van der Waals surface area (Å²) in [6.07, 6.45) is 21.1. The second kappa shape index (κ2) is 41.9. The molecule has 0 fully saturated rings. The van der Waals surface area contributed by atoms with Crippen molar-refractivity contribution in [2.45, 2.75) is 38.5 Å². The van der Waals surface area contributed by atoms with Crippen molar-refractivity contribution in [3.05, 3.63) is 534 Å². The minimum atomic E-state index is -0.118. The molecule has 0 spiro atoms. The number of para-hydroxylation sites is 2. The first kappa shape index (κ1) is 97.4. The molecule has 0 radical (unpaired) electrons. The van der Waals surface area contributed by atoms with E-state index >= 15 is 0 Å². The number of hydrogen-bond donors (Lipinski definition) is 0. The first-order valence-corrected chi connectivity index (χ1v) is 49.1. The summed E-state index contributed by atoms with van der Waals surface area (Å²) in [5.74, 6) is 1.19. The van der Waals surface area contributed by atoms with Crippen molar-refractivity contribution >= 4 is 66.2 Å². The van der Waals surface area contributed by atoms with E-state index in [4.69, 9.17) is 19.9 Å². The molecule has 0 amide bonds. The summed E-state index contributed by atoms with van der Waals surface area (Å²) in [5.41, 5.74) is 34.7. The minimum Gasteiger partial charge on any atom is -0.503 e. The molecule has 27 rings (SSSR count). The van der Waals surface area contributed by atoms with Gasteiger partial charge < -0.3 is 18.6 Å². The first-order valence-electron chi connectivity index (χ1n) is 49.1. The Morgan fingerprint density at radius 2 is 0.680 bits per heavy atom. The SMILES string of the molecule is CC1(C)c2cccc3c4ccc(Oc5[c-]c(-n6cccn6)cc(-c6ccc(-c7ccccc7)cc6)c5)[c-]c4c4ncc(n4c23)C1(C)C.[Pt+2].[Pt+2].[Pt+2].[c-]1c(-n2cccn2)cccc1-n1c2[c-]c(-n3cc(-c4ccccc4)cn3)ccc2c2ccc(-c3ccc(-c4ccccc4)cc3)cc21.[c-]1c(N(c2[c-]c(-n3cccn3)cc(-c3ccc(-c4ccccc4)cc3)c2)c2ccccc2)cccc1-n1cc(-c2ccc(-c3ccccc3)cc2)cn1. The van der Waals surface area contributed by atoms with E-state index in [0.717, 1.165) is 145 Å². The van der Waals surface area contributed by atoms with Crippen molar-refractivity contribution in [2.24, 2.45) is 0 Å². The van der Waals surface area contributed by atoms with Gasteiger partial charge in [-0.3, -0.25) is 28.4 Å². The fourth-order valence-electron chi connectivity index (χ4n) is 20.1. The summed E-state index contributed by atoms with van der Waals surface area (Å²) in [6.45, 7) is 9.33. The molecular formula is C132H92N14OPt3. The van der Waals surface area contributed by atoms with Gasteiger partial charge >= 0.3 is 63.2 Å². The Hall–Kier alpha value is -17.3. The van der Waals surface area contributed by atoms with E-state index < -0.39 is 0 Å². The predicted octanol–water partition coefficient (Wildman–Crippen LogP) is 31.7. The Kier molecular flexibility index (Phi) is 27.2. The zero-order valence-electron chi connectivity index (χ0n) is 81.8. The number of aromatic nitrogens is 13. The molecule has 726 valence electrons. The number of imidazole rings is 1. The van der Waals surface area contributed by atoms with E-state index in [-0.39, 0.29) is 74.0 Å². The fraction of sp³-hybridized carbons (Fsp3) is 0.0455. The molecule has 18 heteroatoms. The van der Waals surface area contributed by atoms with E-state index in [1.807, 2.05) is 153 Å². The number of anilines is 3. The van der Waals surface area contributed by atoms with E-state index in [2.05, 4.69) is 427 Å². The topological polar surface area (TPSA) is 124 Å². The molecule has 0 unspecified atom stereocenters. The zero-order chi connectivity index (χ0) is 98.5. The third-order valence-electron chi connectivity index (χ3n) is 28.5. The summed E-state index contributed by atoms with van der Waals surface area (Å²) >= 11 is 0. The molecule has 0 N–H and O–H groups in total. The molecule has 0 bridgehead atoms. The van der Waals surface area contributed by atoms with Gasteiger partial charge in [-0.2, -0.15) is 43.7 Å². The van der Waals surface area contributed by atoms with Crippen LogP contribution in [0.5, 0.6) is 11.5 Å². The van der Waals surface area contributed by atoms with E-state index in [1.54, 1.807) is 23.3 Å². The standard InChI is InChI=1S/C48H33N5.C42H27N5.C42H32N4O.3Pt/c1-4-12-36(13-5-1)38-20-24-40(25-21-38)42-30-47(51-29-11-28-49-51)33-48(31-42)53(44-16-8-3-9-17-44)46-19-10-18-45(32-46)52-35-43(34-50-52)41-26-22-39(23-27-41)37-14-6-2-7-15-37;1-3-9-30(10-4-1)32-15-17-33(18-16-32)34-19-21-39-40-22-20-37(46-29-35(28-44-46)31-11-5-2-6-12-31)27-42(40)47(41(39)25-34)38-14-7-13-36(26-38)45-24-8-23-43-45;1-41(2)37-13-8-12-35-34-19-18-32(25-36(34)40-43-26-38(42(41,3)4)46(40)39(35)37)47-33-23-30(22-31(24-33)45-21-9-20-44-45)29-16-14-28(15-17-29)27-10-6-5-7-11-27;;;/h1-31,34-35H;1-25,28-29H;5-23,26H,1-4H3;;;/q3*-2;3*+2. The van der Waals surface area contributed by atoms with Gasteiger partial charge in [0.25, 0.3) is 0 Å². The number of fused-ring (bicyclic) bond motifs is 6. The number of nitrogens with zero attached hydrogens (tertiary/aromatic N) is 14. The normalized spacial score (nSPS) is 12.1. The summed E-state index contributed by atoms with van der Waals surface area (Å²) in [7, 11) is 0. The minimum absolute atomic E-state index is 0. The molecule has 18 aromatic carbocycles. The van der Waals surface area contributed by atoms with Crippen molar-refractivity contribution in [3.8, 4) is 146 Å². The van der Waals surface area contributed by atoms with Crippen LogP contribution in [-0.2, 0) is 74.0 Å².